The van der Waals surface area contributed by atoms with E-state index in [2.05, 4.69) is 223 Å². The van der Waals surface area contributed by atoms with Crippen LogP contribution in [0.4, 0.5) is 39.8 Å². The van der Waals surface area contributed by atoms with Crippen LogP contribution in [-0.4, -0.2) is 85.9 Å². The summed E-state index contributed by atoms with van der Waals surface area (Å²) < 4.78 is 22.1. The molecule has 0 atom stereocenters. The van der Waals surface area contributed by atoms with Crippen molar-refractivity contribution < 1.29 is 52.5 Å². The number of carbonyl (C=O) groups excluding carboxylic acids is 7. The number of amides is 7. The number of aromatic nitrogens is 1. The third-order valence-electron chi connectivity index (χ3n) is 23.8. The summed E-state index contributed by atoms with van der Waals surface area (Å²) >= 11 is 0. The number of aryl methyl sites for hydroxylation is 6. The lowest BCUT2D eigenvalue weighted by atomic mass is 9.86. The average molecular weight is 1730 g/mol. The molecule has 12 aromatic rings. The van der Waals surface area contributed by atoms with Crippen LogP contribution in [0.2, 0.25) is 0 Å². The Labute approximate surface area is 759 Å². The van der Waals surface area contributed by atoms with Gasteiger partial charge in [0.2, 0.25) is 41.4 Å². The van der Waals surface area contributed by atoms with E-state index in [9.17, 15) is 33.6 Å². The van der Waals surface area contributed by atoms with Gasteiger partial charge in [0, 0.05) is 128 Å². The fourth-order valence-electron chi connectivity index (χ4n) is 16.3. The molecular formula is C110H120N8O11. The van der Waals surface area contributed by atoms with Crippen molar-refractivity contribution in [3.63, 3.8) is 0 Å². The van der Waals surface area contributed by atoms with Crippen LogP contribution >= 0.6 is 0 Å². The smallest absolute Gasteiger partial charge is 0.225 e. The van der Waals surface area contributed by atoms with E-state index in [0.29, 0.717) is 89.5 Å². The topological polar surface area (TPSA) is 236 Å². The van der Waals surface area contributed by atoms with Crippen molar-refractivity contribution in [1.29, 1.82) is 0 Å². The number of fused-ring (bicyclic) bond motifs is 8. The van der Waals surface area contributed by atoms with Crippen LogP contribution in [-0.2, 0) is 88.3 Å². The number of benzene rings is 11. The number of nitrogens with one attached hydrogen (secondary N) is 5. The van der Waals surface area contributed by atoms with E-state index in [1.807, 2.05) is 127 Å². The molecule has 1 aromatic heterocycles. The fourth-order valence-corrected chi connectivity index (χ4v) is 16.3. The highest BCUT2D eigenvalue weighted by molar-refractivity contribution is 5.99. The molecule has 4 aliphatic heterocycles. The summed E-state index contributed by atoms with van der Waals surface area (Å²) in [7, 11) is 0. The van der Waals surface area contributed by atoms with Crippen molar-refractivity contribution in [2.45, 2.75) is 183 Å². The van der Waals surface area contributed by atoms with Crippen molar-refractivity contribution in [2.24, 2.45) is 0 Å². The predicted molar refractivity (Wildman–Crippen MR) is 519 cm³/mol. The molecule has 17 rings (SSSR count). The molecule has 0 spiro atoms. The van der Waals surface area contributed by atoms with Crippen LogP contribution in [0.3, 0.4) is 0 Å². The lowest BCUT2D eigenvalue weighted by Gasteiger charge is -2.19. The number of carbonyl (C=O) groups is 7. The predicted octanol–water partition coefficient (Wildman–Crippen LogP) is 22.3. The molecule has 5 heterocycles. The molecule has 666 valence electrons. The maximum absolute atomic E-state index is 12.8. The summed E-state index contributed by atoms with van der Waals surface area (Å²) in [5.41, 5.74) is 25.3. The van der Waals surface area contributed by atoms with Gasteiger partial charge in [0.15, 0.2) is 23.0 Å². The third-order valence-corrected chi connectivity index (χ3v) is 23.8. The monoisotopic (exact) mass is 1730 g/mol. The second-order valence-electron chi connectivity index (χ2n) is 36.6. The number of ether oxygens (including phenoxy) is 4. The van der Waals surface area contributed by atoms with E-state index in [1.165, 1.54) is 66.8 Å². The molecule has 1 aliphatic carbocycles. The van der Waals surface area contributed by atoms with Crippen LogP contribution in [0.25, 0.3) is 22.0 Å². The van der Waals surface area contributed by atoms with Gasteiger partial charge in [-0.1, -0.05) is 220 Å². The molecule has 0 radical (unpaired) electrons. The van der Waals surface area contributed by atoms with E-state index in [1.54, 1.807) is 29.8 Å². The highest BCUT2D eigenvalue weighted by Gasteiger charge is 2.31. The normalized spacial score (nSPS) is 13.1. The van der Waals surface area contributed by atoms with Crippen molar-refractivity contribution in [2.75, 3.05) is 75.9 Å². The summed E-state index contributed by atoms with van der Waals surface area (Å²) in [6, 6.07) is 80.9. The minimum Gasteiger partial charge on any atom is -0.486 e. The lowest BCUT2D eigenvalue weighted by molar-refractivity contribution is -0.117. The van der Waals surface area contributed by atoms with Gasteiger partial charge in [-0.3, -0.25) is 38.5 Å². The fraction of sp³-hybridized carbons (Fsp3) is 0.309. The lowest BCUT2D eigenvalue weighted by Crippen LogP contribution is -2.25. The van der Waals surface area contributed by atoms with Gasteiger partial charge >= 0.3 is 0 Å². The standard InChI is InChI=1S/2C23H28N2O2.C23H19NO3.C22H24N2O.C19H21NO3/c1-16(26)25-14-13-18-8-11-20(15-21(18)25)24-22(27)12-7-17-5-9-19(10-6-17)23(2,3)4;1-16(26)25-14-13-18-15-20(10-11-21(18)25)24-22(27)12-7-17-5-8-19(9-6-17)23(2,3)4;25-23(24-15-9-10-21-22(13-15)27-12-11-26-21)14-20-18-7-3-1-5-16(18)17-6-2-4-8-19(17)20;1-22(2,3)18-10-6-16(7-11-18)8-13-21(25)24-19-12-9-17-5-4-14-23-20(17)15-19;1-13-3-4-15(11-14(13)2)5-8-19(21)20-16-6-7-17-18(12-16)23-10-9-22-17/h2*5-6,8-11,15H,7,12-14H2,1-4H3,(H,24,27);1-10,13,20H,11-12,14H2,(H,24,25);4-7,9-12,14-15H,8,13H2,1-3H3,(H,24,25);3-4,6-7,11-12H,5,8-10H2,1-2H3,(H,20,21). The van der Waals surface area contributed by atoms with Gasteiger partial charge in [-0.05, 0) is 225 Å². The molecule has 19 nitrogen and oxygen atoms in total. The van der Waals surface area contributed by atoms with Gasteiger partial charge < -0.3 is 55.3 Å². The molecule has 11 aromatic carbocycles. The largest absolute Gasteiger partial charge is 0.486 e. The second kappa shape index (κ2) is 42.3. The molecule has 0 unspecified atom stereocenters. The van der Waals surface area contributed by atoms with Crippen molar-refractivity contribution in [3.05, 3.63) is 321 Å². The minimum absolute atomic E-state index is 0.0000872. The summed E-state index contributed by atoms with van der Waals surface area (Å²) in [4.78, 5) is 93.0. The molecular weight excluding hydrogens is 1610 g/mol. The molecule has 129 heavy (non-hydrogen) atoms. The molecule has 7 amide bonds. The van der Waals surface area contributed by atoms with Gasteiger partial charge in [0.1, 0.15) is 26.4 Å². The Morgan fingerprint density at radius 3 is 1.21 bits per heavy atom. The number of nitrogens with zero attached hydrogens (tertiary/aromatic N) is 3. The SMILES string of the molecule is CC(=O)N1CCc2cc(NC(=O)CCc3ccc(C(C)(C)C)cc3)ccc21.CC(=O)N1CCc2ccc(NC(=O)CCc3ccc(C(C)(C)C)cc3)cc21.CC(C)(C)c1ccc(CCC(=O)Nc2ccc3cccnc3c2)cc1.Cc1ccc(CCC(=O)Nc2ccc3c(c2)OCCO3)cc1C.O=C(CC1c2ccccc2-c2ccccc21)Nc1ccc2c(c1)OCCO2. The zero-order chi connectivity index (χ0) is 91.5. The highest BCUT2D eigenvalue weighted by Crippen LogP contribution is 2.47. The summed E-state index contributed by atoms with van der Waals surface area (Å²) in [5.74, 6) is 2.99. The van der Waals surface area contributed by atoms with E-state index >= 15 is 0 Å². The quantitative estimate of drug-likeness (QED) is 0.0508. The van der Waals surface area contributed by atoms with E-state index in [-0.39, 0.29) is 63.5 Å². The number of hydrogen-bond acceptors (Lipinski definition) is 12. The van der Waals surface area contributed by atoms with Gasteiger partial charge in [0.05, 0.1) is 5.52 Å². The molecule has 0 bridgehead atoms. The first-order valence-corrected chi connectivity index (χ1v) is 44.8. The molecule has 19 heteroatoms. The molecule has 0 fully saturated rings. The van der Waals surface area contributed by atoms with Gasteiger partial charge in [-0.2, -0.15) is 0 Å². The van der Waals surface area contributed by atoms with E-state index < -0.39 is 0 Å². The van der Waals surface area contributed by atoms with Crippen LogP contribution in [0.15, 0.2) is 249 Å². The first-order valence-electron chi connectivity index (χ1n) is 44.8. The number of hydrogen-bond donors (Lipinski definition) is 5. The van der Waals surface area contributed by atoms with Crippen LogP contribution in [0.1, 0.15) is 187 Å². The Balaban J connectivity index is 0.000000138. The van der Waals surface area contributed by atoms with Crippen molar-refractivity contribution in [1.82, 2.24) is 4.98 Å². The Hall–Kier alpha value is -13.7. The van der Waals surface area contributed by atoms with Gasteiger partial charge in [-0.25, -0.2) is 0 Å². The Bertz CT molecular complexity index is 5980. The van der Waals surface area contributed by atoms with Crippen LogP contribution in [0.5, 0.6) is 23.0 Å². The van der Waals surface area contributed by atoms with E-state index in [0.717, 1.165) is 111 Å². The van der Waals surface area contributed by atoms with Crippen molar-refractivity contribution >= 4 is 92.1 Å². The Morgan fingerprint density at radius 2 is 0.744 bits per heavy atom. The maximum Gasteiger partial charge on any atom is 0.225 e. The first kappa shape index (κ1) is 93.0. The zero-order valence-electron chi connectivity index (χ0n) is 76.6. The maximum atomic E-state index is 12.8. The van der Waals surface area contributed by atoms with Gasteiger partial charge in [-0.15, -0.1) is 0 Å². The van der Waals surface area contributed by atoms with E-state index in [4.69, 9.17) is 18.9 Å². The summed E-state index contributed by atoms with van der Waals surface area (Å²) in [6.45, 7) is 30.7. The van der Waals surface area contributed by atoms with Gasteiger partial charge in [0.25, 0.3) is 0 Å². The molecule has 5 N–H and O–H groups in total. The number of pyridine rings is 1. The molecule has 5 aliphatic rings. The summed E-state index contributed by atoms with van der Waals surface area (Å²) in [6.07, 6.45) is 8.57. The highest BCUT2D eigenvalue weighted by atomic mass is 16.6. The number of anilines is 7. The minimum atomic E-state index is -0.0118. The van der Waals surface area contributed by atoms with Crippen molar-refractivity contribution in [3.8, 4) is 34.1 Å². The summed E-state index contributed by atoms with van der Waals surface area (Å²) in [5, 5.41) is 15.9. The third kappa shape index (κ3) is 25.6. The van der Waals surface area contributed by atoms with Crippen LogP contribution in [0, 0.1) is 13.8 Å². The van der Waals surface area contributed by atoms with Crippen LogP contribution < -0.4 is 55.3 Å². The second-order valence-corrected chi connectivity index (χ2v) is 36.6. The number of rotatable bonds is 19. The Kier molecular flexibility index (Phi) is 30.5. The first-order chi connectivity index (χ1) is 61.8. The average Bonchev–Trinajstić information content (AvgIpc) is 1.61. The Morgan fingerprint density at radius 1 is 0.357 bits per heavy atom. The molecule has 0 saturated heterocycles. The molecule has 0 saturated carbocycles. The zero-order valence-corrected chi connectivity index (χ0v) is 76.6.